The summed E-state index contributed by atoms with van der Waals surface area (Å²) in [4.78, 5) is 2.28. The normalized spacial score (nSPS) is 12.2. The molecule has 18 heavy (non-hydrogen) atoms. The summed E-state index contributed by atoms with van der Waals surface area (Å²) in [6.07, 6.45) is 0. The van der Waals surface area contributed by atoms with E-state index in [0.717, 1.165) is 13.1 Å². The number of alkyl halides is 1. The van der Waals surface area contributed by atoms with Gasteiger partial charge in [-0.15, -0.1) is 11.6 Å². The van der Waals surface area contributed by atoms with E-state index in [9.17, 15) is 0 Å². The first-order chi connectivity index (χ1) is 8.25. The van der Waals surface area contributed by atoms with Crippen LogP contribution in [0.1, 0.15) is 43.0 Å². The van der Waals surface area contributed by atoms with Gasteiger partial charge in [0, 0.05) is 19.0 Å². The lowest BCUT2D eigenvalue weighted by Crippen LogP contribution is -2.21. The van der Waals surface area contributed by atoms with Gasteiger partial charge >= 0.3 is 0 Å². The molecule has 0 radical (unpaired) electrons. The average molecular weight is 268 g/mol. The number of rotatable bonds is 4. The van der Waals surface area contributed by atoms with Gasteiger partial charge in [-0.2, -0.15) is 0 Å². The van der Waals surface area contributed by atoms with Crippen LogP contribution in [0.5, 0.6) is 0 Å². The maximum atomic E-state index is 5.79. The maximum Gasteiger partial charge on any atom is 0.0351 e. The molecule has 1 aromatic rings. The minimum absolute atomic E-state index is 0.218. The van der Waals surface area contributed by atoms with E-state index in [2.05, 4.69) is 58.7 Å². The lowest BCUT2D eigenvalue weighted by Gasteiger charge is -2.24. The number of hydrogen-bond donors (Lipinski definition) is 0. The van der Waals surface area contributed by atoms with Crippen LogP contribution in [0.25, 0.3) is 0 Å². The molecule has 0 atom stereocenters. The molecular formula is C16H26ClN. The molecule has 0 saturated carbocycles. The molecule has 0 heterocycles. The van der Waals surface area contributed by atoms with Crippen molar-refractivity contribution in [2.45, 2.75) is 46.6 Å². The van der Waals surface area contributed by atoms with Gasteiger partial charge in [0.1, 0.15) is 0 Å². The minimum atomic E-state index is 0.218. The van der Waals surface area contributed by atoms with Crippen LogP contribution >= 0.6 is 11.6 Å². The number of halogens is 1. The van der Waals surface area contributed by atoms with Crippen molar-refractivity contribution in [3.8, 4) is 0 Å². The van der Waals surface area contributed by atoms with Crippen molar-refractivity contribution in [2.75, 3.05) is 19.5 Å². The quantitative estimate of drug-likeness (QED) is 0.737. The SMILES string of the molecule is Cc1cc(C(C)(C)C)cc(C)c1CN(C)CCCl. The molecule has 0 aliphatic rings. The predicted molar refractivity (Wildman–Crippen MR) is 81.7 cm³/mol. The van der Waals surface area contributed by atoms with Gasteiger partial charge in [0.15, 0.2) is 0 Å². The number of aryl methyl sites for hydroxylation is 2. The molecule has 0 aromatic heterocycles. The molecule has 1 nitrogen and oxygen atoms in total. The Labute approximate surface area is 117 Å². The van der Waals surface area contributed by atoms with Crippen LogP contribution in [0.4, 0.5) is 0 Å². The molecule has 0 spiro atoms. The largest absolute Gasteiger partial charge is 0.301 e. The smallest absolute Gasteiger partial charge is 0.0351 e. The van der Waals surface area contributed by atoms with Crippen LogP contribution in [0.15, 0.2) is 12.1 Å². The van der Waals surface area contributed by atoms with Gasteiger partial charge in [-0.05, 0) is 48.6 Å². The Balaban J connectivity index is 3.02. The van der Waals surface area contributed by atoms with Crippen molar-refractivity contribution in [2.24, 2.45) is 0 Å². The van der Waals surface area contributed by atoms with Gasteiger partial charge in [-0.3, -0.25) is 0 Å². The number of nitrogens with zero attached hydrogens (tertiary/aromatic N) is 1. The Bertz CT molecular complexity index is 381. The Morgan fingerprint density at radius 1 is 1.11 bits per heavy atom. The molecule has 1 rings (SSSR count). The molecule has 2 heteroatoms. The zero-order valence-corrected chi connectivity index (χ0v) is 13.4. The highest BCUT2D eigenvalue weighted by molar-refractivity contribution is 6.18. The first-order valence-electron chi connectivity index (χ1n) is 6.61. The molecule has 0 fully saturated rings. The minimum Gasteiger partial charge on any atom is -0.301 e. The van der Waals surface area contributed by atoms with Crippen LogP contribution in [-0.2, 0) is 12.0 Å². The van der Waals surface area contributed by atoms with Gasteiger partial charge in [0.05, 0.1) is 0 Å². The molecule has 0 N–H and O–H groups in total. The summed E-state index contributed by atoms with van der Waals surface area (Å²) in [6.45, 7) is 13.1. The average Bonchev–Trinajstić information content (AvgIpc) is 2.22. The Morgan fingerprint density at radius 2 is 1.61 bits per heavy atom. The van der Waals surface area contributed by atoms with Crippen molar-refractivity contribution in [1.82, 2.24) is 4.90 Å². The summed E-state index contributed by atoms with van der Waals surface area (Å²) < 4.78 is 0. The number of benzene rings is 1. The fourth-order valence-corrected chi connectivity index (χ4v) is 2.46. The zero-order valence-electron chi connectivity index (χ0n) is 12.6. The highest BCUT2D eigenvalue weighted by atomic mass is 35.5. The van der Waals surface area contributed by atoms with E-state index in [4.69, 9.17) is 11.6 Å². The molecule has 0 aliphatic carbocycles. The molecule has 0 bridgehead atoms. The van der Waals surface area contributed by atoms with Crippen molar-refractivity contribution in [3.05, 3.63) is 34.4 Å². The monoisotopic (exact) mass is 267 g/mol. The summed E-state index contributed by atoms with van der Waals surface area (Å²) in [5, 5.41) is 0. The van der Waals surface area contributed by atoms with Gasteiger partial charge in [0.25, 0.3) is 0 Å². The Morgan fingerprint density at radius 3 is 2.00 bits per heavy atom. The molecule has 0 aliphatic heterocycles. The summed E-state index contributed by atoms with van der Waals surface area (Å²) in [5.74, 6) is 0.689. The predicted octanol–water partition coefficient (Wildman–Crippen LogP) is 4.27. The summed E-state index contributed by atoms with van der Waals surface area (Å²) in [7, 11) is 2.12. The fraction of sp³-hybridized carbons (Fsp3) is 0.625. The Kier molecular flexibility index (Phi) is 5.24. The standard InChI is InChI=1S/C16H26ClN/c1-12-9-14(16(3,4)5)10-13(2)15(12)11-18(6)8-7-17/h9-10H,7-8,11H2,1-6H3. The van der Waals surface area contributed by atoms with E-state index in [-0.39, 0.29) is 5.41 Å². The van der Waals surface area contributed by atoms with E-state index in [1.165, 1.54) is 22.3 Å². The second-order valence-corrected chi connectivity index (χ2v) is 6.64. The second-order valence-electron chi connectivity index (χ2n) is 6.27. The first kappa shape index (κ1) is 15.5. The fourth-order valence-electron chi connectivity index (χ4n) is 2.17. The molecular weight excluding hydrogens is 242 g/mol. The third kappa shape index (κ3) is 4.00. The highest BCUT2D eigenvalue weighted by Crippen LogP contribution is 2.27. The van der Waals surface area contributed by atoms with Crippen LogP contribution in [0.3, 0.4) is 0 Å². The molecule has 0 amide bonds. The van der Waals surface area contributed by atoms with Gasteiger partial charge in [-0.25, -0.2) is 0 Å². The lowest BCUT2D eigenvalue weighted by atomic mass is 9.84. The van der Waals surface area contributed by atoms with Crippen LogP contribution in [-0.4, -0.2) is 24.4 Å². The third-order valence-corrected chi connectivity index (χ3v) is 3.63. The van der Waals surface area contributed by atoms with E-state index < -0.39 is 0 Å². The van der Waals surface area contributed by atoms with Crippen LogP contribution < -0.4 is 0 Å². The lowest BCUT2D eigenvalue weighted by molar-refractivity contribution is 0.346. The van der Waals surface area contributed by atoms with Crippen molar-refractivity contribution in [3.63, 3.8) is 0 Å². The van der Waals surface area contributed by atoms with E-state index in [1.54, 1.807) is 0 Å². The van der Waals surface area contributed by atoms with E-state index in [0.29, 0.717) is 5.88 Å². The molecule has 0 saturated heterocycles. The second kappa shape index (κ2) is 6.08. The molecule has 0 unspecified atom stereocenters. The van der Waals surface area contributed by atoms with Crippen molar-refractivity contribution < 1.29 is 0 Å². The zero-order chi connectivity index (χ0) is 13.9. The van der Waals surface area contributed by atoms with E-state index >= 15 is 0 Å². The van der Waals surface area contributed by atoms with Gasteiger partial charge in [0.2, 0.25) is 0 Å². The topological polar surface area (TPSA) is 3.24 Å². The van der Waals surface area contributed by atoms with Crippen molar-refractivity contribution in [1.29, 1.82) is 0 Å². The maximum absolute atomic E-state index is 5.79. The van der Waals surface area contributed by atoms with E-state index in [1.807, 2.05) is 0 Å². The summed E-state index contributed by atoms with van der Waals surface area (Å²) in [5.41, 5.74) is 5.86. The van der Waals surface area contributed by atoms with Crippen LogP contribution in [0, 0.1) is 13.8 Å². The first-order valence-corrected chi connectivity index (χ1v) is 7.14. The Hall–Kier alpha value is -0.530. The third-order valence-electron chi connectivity index (χ3n) is 3.46. The highest BCUT2D eigenvalue weighted by Gasteiger charge is 2.16. The van der Waals surface area contributed by atoms with Crippen LogP contribution in [0.2, 0.25) is 0 Å². The van der Waals surface area contributed by atoms with Crippen molar-refractivity contribution >= 4 is 11.6 Å². The number of hydrogen-bond acceptors (Lipinski definition) is 1. The summed E-state index contributed by atoms with van der Waals surface area (Å²) >= 11 is 5.79. The summed E-state index contributed by atoms with van der Waals surface area (Å²) in [6, 6.07) is 4.66. The molecule has 102 valence electrons. The van der Waals surface area contributed by atoms with Gasteiger partial charge in [-0.1, -0.05) is 32.9 Å². The van der Waals surface area contributed by atoms with Gasteiger partial charge < -0.3 is 4.90 Å². The molecule has 1 aromatic carbocycles.